The Kier molecular flexibility index (Phi) is 22.9. The predicted octanol–water partition coefficient (Wildman–Crippen LogP) is 12.8. The van der Waals surface area contributed by atoms with Crippen LogP contribution in [0.15, 0.2) is 132 Å². The fourth-order valence-corrected chi connectivity index (χ4v) is 10.2. The highest BCUT2D eigenvalue weighted by molar-refractivity contribution is 6.29. The molecule has 9 aromatic rings. The van der Waals surface area contributed by atoms with Crippen molar-refractivity contribution in [3.8, 4) is 40.6 Å². The Bertz CT molecular complexity index is 4250. The average molecular weight is 1240 g/mol. The van der Waals surface area contributed by atoms with Crippen molar-refractivity contribution in [2.45, 2.75) is 128 Å². The van der Waals surface area contributed by atoms with E-state index < -0.39 is 33.7 Å². The second-order valence-electron chi connectivity index (χ2n) is 22.1. The molecule has 0 amide bonds. The molecule has 0 aliphatic carbocycles. The summed E-state index contributed by atoms with van der Waals surface area (Å²) >= 11 is 12.3. The molecule has 5 heterocycles. The van der Waals surface area contributed by atoms with E-state index in [0.717, 1.165) is 50.3 Å². The Balaban J connectivity index is 0.000000220. The van der Waals surface area contributed by atoms with Gasteiger partial charge in [0.05, 0.1) is 36.9 Å². The van der Waals surface area contributed by atoms with E-state index in [2.05, 4.69) is 35.2 Å². The van der Waals surface area contributed by atoms with Gasteiger partial charge in [0.15, 0.2) is 0 Å². The molecule has 464 valence electrons. The van der Waals surface area contributed by atoms with Gasteiger partial charge in [0, 0.05) is 6.54 Å². The monoisotopic (exact) mass is 1240 g/mol. The second kappa shape index (κ2) is 29.8. The van der Waals surface area contributed by atoms with Gasteiger partial charge in [-0.2, -0.15) is 0 Å². The van der Waals surface area contributed by atoms with Gasteiger partial charge < -0.3 is 30.0 Å². The number of nitrogens with one attached hydrogen (secondary N) is 5. The zero-order valence-corrected chi connectivity index (χ0v) is 52.4. The predicted molar refractivity (Wildman–Crippen MR) is 349 cm³/mol. The van der Waals surface area contributed by atoms with Crippen molar-refractivity contribution >= 4 is 34.8 Å². The van der Waals surface area contributed by atoms with Gasteiger partial charge in [0.1, 0.15) is 44.9 Å². The van der Waals surface area contributed by atoms with Crippen molar-refractivity contribution in [1.82, 2.24) is 39.0 Å². The van der Waals surface area contributed by atoms with Crippen LogP contribution in [0.5, 0.6) is 40.6 Å². The van der Waals surface area contributed by atoms with Crippen LogP contribution in [0, 0.1) is 41.5 Å². The first-order valence-electron chi connectivity index (χ1n) is 28.0. The maximum absolute atomic E-state index is 13.0. The number of aryl methyl sites for hydroxylation is 6. The number of halogens is 2. The zero-order valence-electron chi connectivity index (χ0n) is 50.9. The molecule has 0 saturated heterocycles. The van der Waals surface area contributed by atoms with E-state index in [1.54, 1.807) is 25.3 Å². The zero-order chi connectivity index (χ0) is 63.6. The van der Waals surface area contributed by atoms with E-state index in [9.17, 15) is 28.8 Å². The van der Waals surface area contributed by atoms with Crippen molar-refractivity contribution in [3.05, 3.63) is 243 Å². The number of nitrogen functional groups attached to an aromatic ring is 1. The van der Waals surface area contributed by atoms with Gasteiger partial charge >= 0.3 is 17.1 Å². The summed E-state index contributed by atoms with van der Waals surface area (Å²) in [7, 11) is 1.63. The van der Waals surface area contributed by atoms with Gasteiger partial charge in [-0.15, -0.1) is 0 Å². The van der Waals surface area contributed by atoms with Crippen LogP contribution in [-0.2, 0) is 19.6 Å². The number of hydrogen-bond acceptors (Lipinski definition) is 14. The van der Waals surface area contributed by atoms with Gasteiger partial charge in [-0.1, -0.05) is 103 Å². The van der Waals surface area contributed by atoms with E-state index in [1.165, 1.54) is 9.13 Å². The Morgan fingerprint density at radius 2 is 0.886 bits per heavy atom. The molecule has 0 spiro atoms. The Hall–Kier alpha value is -9.40. The van der Waals surface area contributed by atoms with Crippen LogP contribution in [0.4, 0.5) is 11.6 Å². The molecule has 22 heteroatoms. The smallest absolute Gasteiger partial charge is 0.331 e. The van der Waals surface area contributed by atoms with Crippen LogP contribution in [0.3, 0.4) is 0 Å². The third-order valence-corrected chi connectivity index (χ3v) is 13.7. The third kappa shape index (κ3) is 18.1. The van der Waals surface area contributed by atoms with Crippen LogP contribution in [0.25, 0.3) is 0 Å². The standard InChI is InChI=1S/C29H31ClN4O4.C21H23ClN4O3.C15H18N2O3.CH4/c1-17(2)26-27(35)33-29(36)34(28(26)38-23-11-18(3)10-19(4)12-23)16-21-13-24(30)32-25(14-21)31-15-20-6-8-22(37-5)9-7-20;1-11(2)18-19(27)25-21(28)26(10-14-8-16(22)24-17(23)9-14)20(18)29-15-6-12(3)5-13(4)7-15;1-8(2)12-13(18)16-15(19)17-14(12)20-11-6-9(3)5-10(4)7-11;/h6-14,17H,15-16H2,1-5H3,(H,31,32)(H,33,35,36);5-9,11H,10H2,1-4H3,(H2,23,24)(H,25,27,28);5-8H,1-4H3,(H2,16,17,18,19);1H4. The summed E-state index contributed by atoms with van der Waals surface area (Å²) < 4.78 is 26.1. The van der Waals surface area contributed by atoms with E-state index in [-0.39, 0.29) is 72.0 Å². The lowest BCUT2D eigenvalue weighted by molar-refractivity contribution is 0.409. The number of rotatable bonds is 17. The summed E-state index contributed by atoms with van der Waals surface area (Å²) in [5.41, 5.74) is 12.5. The second-order valence-corrected chi connectivity index (χ2v) is 22.9. The van der Waals surface area contributed by atoms with Crippen molar-refractivity contribution < 1.29 is 18.9 Å². The maximum atomic E-state index is 13.0. The molecule has 88 heavy (non-hydrogen) atoms. The molecule has 0 saturated carbocycles. The van der Waals surface area contributed by atoms with Crippen LogP contribution in [0.2, 0.25) is 10.3 Å². The fourth-order valence-electron chi connectivity index (χ4n) is 9.75. The molecule has 0 aliphatic heterocycles. The largest absolute Gasteiger partial charge is 0.497 e. The molecule has 0 aliphatic rings. The van der Waals surface area contributed by atoms with Crippen LogP contribution < -0.4 is 63.7 Å². The quantitative estimate of drug-likeness (QED) is 0.0463. The van der Waals surface area contributed by atoms with Crippen molar-refractivity contribution in [1.29, 1.82) is 0 Å². The normalized spacial score (nSPS) is 10.9. The van der Waals surface area contributed by atoms with Gasteiger partial charge in [-0.05, 0) is 182 Å². The summed E-state index contributed by atoms with van der Waals surface area (Å²) in [6.45, 7) is 23.8. The highest BCUT2D eigenvalue weighted by Gasteiger charge is 2.23. The number of H-pyrrole nitrogens is 4. The SMILES string of the molecule is C.COc1ccc(CNc2cc(Cn3c(Oc4cc(C)cc(C)c4)c(C(C)C)c(=O)[nH]c3=O)cc(Cl)n2)cc1.Cc1cc(C)cc(Oc2[nH]c(=O)[nH]c(=O)c2C(C)C)c1.Cc1cc(C)cc(Oc2c(C(C)C)c(=O)[nH]c(=O)n2Cc2cc(N)nc(Cl)c2)c1. The summed E-state index contributed by atoms with van der Waals surface area (Å²) in [6.07, 6.45) is 0. The minimum Gasteiger partial charge on any atom is -0.497 e. The number of anilines is 2. The lowest BCUT2D eigenvalue weighted by Gasteiger charge is -2.19. The molecule has 0 unspecified atom stereocenters. The van der Waals surface area contributed by atoms with Crippen LogP contribution in [-0.4, -0.2) is 46.1 Å². The molecule has 0 bridgehead atoms. The number of ether oxygens (including phenoxy) is 4. The minimum atomic E-state index is -0.578. The molecule has 9 rings (SSSR count). The Labute approximate surface area is 519 Å². The number of nitrogens with zero attached hydrogens (tertiary/aromatic N) is 4. The Morgan fingerprint density at radius 3 is 1.30 bits per heavy atom. The molecule has 4 aromatic carbocycles. The number of aromatic nitrogens is 8. The number of benzene rings is 4. The summed E-state index contributed by atoms with van der Waals surface area (Å²) in [4.78, 5) is 92.3. The highest BCUT2D eigenvalue weighted by Crippen LogP contribution is 2.32. The Morgan fingerprint density at radius 1 is 0.489 bits per heavy atom. The first kappa shape index (κ1) is 67.7. The summed E-state index contributed by atoms with van der Waals surface area (Å²) in [5.74, 6) is 3.49. The van der Waals surface area contributed by atoms with Gasteiger partial charge in [0.25, 0.3) is 16.7 Å². The van der Waals surface area contributed by atoms with Crippen molar-refractivity contribution in [2.24, 2.45) is 0 Å². The lowest BCUT2D eigenvalue weighted by Crippen LogP contribution is -2.34. The molecular weight excluding hydrogens is 1160 g/mol. The van der Waals surface area contributed by atoms with Crippen molar-refractivity contribution in [3.63, 3.8) is 0 Å². The number of aromatic amines is 4. The highest BCUT2D eigenvalue weighted by atomic mass is 35.5. The third-order valence-electron chi connectivity index (χ3n) is 13.3. The topological polar surface area (TPSA) is 276 Å². The van der Waals surface area contributed by atoms with Gasteiger partial charge in [-0.25, -0.2) is 24.4 Å². The average Bonchev–Trinajstić information content (AvgIpc) is 0.926. The molecule has 5 aromatic heterocycles. The van der Waals surface area contributed by atoms with E-state index in [1.807, 2.05) is 168 Å². The van der Waals surface area contributed by atoms with E-state index in [0.29, 0.717) is 51.9 Å². The minimum absolute atomic E-state index is 0. The van der Waals surface area contributed by atoms with Crippen LogP contribution in [0.1, 0.15) is 133 Å². The lowest BCUT2D eigenvalue weighted by atomic mass is 10.1. The molecular formula is C66H76Cl2N10O10. The van der Waals surface area contributed by atoms with Crippen LogP contribution >= 0.6 is 23.2 Å². The molecule has 0 radical (unpaired) electrons. The summed E-state index contributed by atoms with van der Waals surface area (Å²) in [6, 6.07) is 31.7. The maximum Gasteiger partial charge on any atom is 0.331 e. The van der Waals surface area contributed by atoms with E-state index >= 15 is 0 Å². The van der Waals surface area contributed by atoms with E-state index in [4.69, 9.17) is 47.9 Å². The number of methoxy groups -OCH3 is 1. The number of nitrogens with two attached hydrogens (primary N) is 1. The molecule has 20 nitrogen and oxygen atoms in total. The fraction of sp³-hybridized carbons (Fsp3) is 0.303. The first-order valence-corrected chi connectivity index (χ1v) is 28.7. The number of pyridine rings is 2. The summed E-state index contributed by atoms with van der Waals surface area (Å²) in [5, 5.41) is 3.77. The van der Waals surface area contributed by atoms with Gasteiger partial charge in [-0.3, -0.25) is 43.5 Å². The van der Waals surface area contributed by atoms with Gasteiger partial charge in [0.2, 0.25) is 17.6 Å². The number of hydrogen-bond donors (Lipinski definition) is 6. The molecule has 0 atom stereocenters. The first-order chi connectivity index (χ1) is 41.1. The molecule has 7 N–H and O–H groups in total. The molecule has 0 fully saturated rings. The van der Waals surface area contributed by atoms with Crippen molar-refractivity contribution in [2.75, 3.05) is 18.2 Å².